The summed E-state index contributed by atoms with van der Waals surface area (Å²) in [5.74, 6) is 1.34. The van der Waals surface area contributed by atoms with Crippen LogP contribution in [0.25, 0.3) is 0 Å². The van der Waals surface area contributed by atoms with E-state index in [9.17, 15) is 9.59 Å². The Morgan fingerprint density at radius 2 is 1.93 bits per heavy atom. The van der Waals surface area contributed by atoms with Gasteiger partial charge in [0, 0.05) is 25.1 Å². The van der Waals surface area contributed by atoms with Crippen molar-refractivity contribution in [2.75, 3.05) is 25.0 Å². The zero-order valence-electron chi connectivity index (χ0n) is 16.2. The lowest BCUT2D eigenvalue weighted by Crippen LogP contribution is -2.45. The summed E-state index contributed by atoms with van der Waals surface area (Å²) in [5, 5.41) is 3.02. The molecule has 5 heteroatoms. The first kappa shape index (κ1) is 18.5. The van der Waals surface area contributed by atoms with Crippen molar-refractivity contribution in [2.24, 2.45) is 11.8 Å². The van der Waals surface area contributed by atoms with Crippen molar-refractivity contribution in [1.29, 1.82) is 0 Å². The predicted octanol–water partition coefficient (Wildman–Crippen LogP) is 3.88. The fraction of sp³-hybridized carbons (Fsp3) is 0.391. The smallest absolute Gasteiger partial charge is 0.253 e. The fourth-order valence-corrected chi connectivity index (χ4v) is 4.25. The van der Waals surface area contributed by atoms with Crippen LogP contribution in [-0.2, 0) is 4.79 Å². The maximum absolute atomic E-state index is 12.8. The van der Waals surface area contributed by atoms with Crippen LogP contribution in [-0.4, -0.2) is 36.4 Å². The summed E-state index contributed by atoms with van der Waals surface area (Å²) in [5.41, 5.74) is 2.56. The van der Waals surface area contributed by atoms with Gasteiger partial charge in [-0.05, 0) is 61.4 Å². The van der Waals surface area contributed by atoms with E-state index in [1.807, 2.05) is 60.4 Å². The van der Waals surface area contributed by atoms with Gasteiger partial charge in [0.2, 0.25) is 5.91 Å². The number of ether oxygens (including phenoxy) is 1. The highest BCUT2D eigenvalue weighted by Crippen LogP contribution is 2.33. The van der Waals surface area contributed by atoms with Gasteiger partial charge in [-0.1, -0.05) is 24.3 Å². The summed E-state index contributed by atoms with van der Waals surface area (Å²) in [6.07, 6.45) is 2.17. The summed E-state index contributed by atoms with van der Waals surface area (Å²) >= 11 is 0. The number of rotatable bonds is 1. The number of carbonyl (C=O) groups is 2. The molecule has 4 rings (SSSR count). The minimum Gasteiger partial charge on any atom is -0.491 e. The molecule has 0 radical (unpaired) electrons. The molecule has 2 amide bonds. The minimum absolute atomic E-state index is 0.0233. The summed E-state index contributed by atoms with van der Waals surface area (Å²) in [6.45, 7) is 3.95. The molecule has 1 saturated heterocycles. The first-order chi connectivity index (χ1) is 13.6. The third kappa shape index (κ3) is 4.03. The molecule has 0 unspecified atom stereocenters. The molecular weight excluding hydrogens is 352 g/mol. The molecular formula is C23H26N2O3. The van der Waals surface area contributed by atoms with E-state index in [2.05, 4.69) is 5.32 Å². The van der Waals surface area contributed by atoms with Gasteiger partial charge in [-0.25, -0.2) is 0 Å². The highest BCUT2D eigenvalue weighted by atomic mass is 16.5. The normalized spacial score (nSPS) is 22.3. The quantitative estimate of drug-likeness (QED) is 0.819. The van der Waals surface area contributed by atoms with Crippen molar-refractivity contribution >= 4 is 17.5 Å². The van der Waals surface area contributed by atoms with Crippen molar-refractivity contribution in [3.8, 4) is 5.75 Å². The molecule has 2 heterocycles. The number of hydrogen-bond acceptors (Lipinski definition) is 3. The summed E-state index contributed by atoms with van der Waals surface area (Å²) in [4.78, 5) is 27.4. The molecule has 1 N–H and O–H groups in total. The van der Waals surface area contributed by atoms with Crippen molar-refractivity contribution in [3.63, 3.8) is 0 Å². The van der Waals surface area contributed by atoms with Gasteiger partial charge in [0.15, 0.2) is 0 Å². The van der Waals surface area contributed by atoms with E-state index < -0.39 is 0 Å². The largest absolute Gasteiger partial charge is 0.491 e. The van der Waals surface area contributed by atoms with Crippen LogP contribution in [0.2, 0.25) is 0 Å². The number of aryl methyl sites for hydroxylation is 1. The van der Waals surface area contributed by atoms with E-state index in [-0.39, 0.29) is 23.7 Å². The first-order valence-corrected chi connectivity index (χ1v) is 9.98. The molecule has 0 saturated carbocycles. The third-order valence-electron chi connectivity index (χ3n) is 5.80. The number of benzene rings is 2. The fourth-order valence-electron chi connectivity index (χ4n) is 4.25. The molecule has 2 aliphatic heterocycles. The van der Waals surface area contributed by atoms with Crippen LogP contribution in [0.3, 0.4) is 0 Å². The number of carbonyl (C=O) groups excluding carboxylic acids is 2. The van der Waals surface area contributed by atoms with Gasteiger partial charge in [-0.3, -0.25) is 9.59 Å². The van der Waals surface area contributed by atoms with E-state index in [0.29, 0.717) is 31.9 Å². The van der Waals surface area contributed by atoms with Gasteiger partial charge in [0.1, 0.15) is 5.75 Å². The highest BCUT2D eigenvalue weighted by molar-refractivity contribution is 5.94. The molecule has 0 aliphatic carbocycles. The number of amides is 2. The van der Waals surface area contributed by atoms with Crippen LogP contribution < -0.4 is 10.1 Å². The topological polar surface area (TPSA) is 58.6 Å². The van der Waals surface area contributed by atoms with E-state index in [1.165, 1.54) is 0 Å². The zero-order chi connectivity index (χ0) is 19.5. The molecule has 146 valence electrons. The van der Waals surface area contributed by atoms with Crippen molar-refractivity contribution < 1.29 is 14.3 Å². The molecule has 2 aromatic carbocycles. The standard InChI is InChI=1S/C23H26N2O3/c1-16-7-8-21-20(13-16)24-22(26)14-18-9-11-25(15-19(18)10-12-28-21)23(27)17-5-3-2-4-6-17/h2-8,13,18-19H,9-12,14-15H2,1H3,(H,24,26)/t18-,19-/m0/s1. The van der Waals surface area contributed by atoms with Crippen molar-refractivity contribution in [1.82, 2.24) is 4.90 Å². The van der Waals surface area contributed by atoms with Crippen LogP contribution >= 0.6 is 0 Å². The lowest BCUT2D eigenvalue weighted by atomic mass is 9.80. The van der Waals surface area contributed by atoms with Gasteiger partial charge in [0.25, 0.3) is 5.91 Å². The Balaban J connectivity index is 1.49. The van der Waals surface area contributed by atoms with E-state index >= 15 is 0 Å². The maximum atomic E-state index is 12.8. The monoisotopic (exact) mass is 378 g/mol. The average molecular weight is 378 g/mol. The van der Waals surface area contributed by atoms with Crippen LogP contribution in [0.15, 0.2) is 48.5 Å². The number of piperidine rings is 1. The predicted molar refractivity (Wildman–Crippen MR) is 108 cm³/mol. The molecule has 2 aromatic rings. The average Bonchev–Trinajstić information content (AvgIpc) is 2.70. The summed E-state index contributed by atoms with van der Waals surface area (Å²) < 4.78 is 5.98. The van der Waals surface area contributed by atoms with Crippen LogP contribution in [0.5, 0.6) is 5.75 Å². The number of hydrogen-bond donors (Lipinski definition) is 1. The van der Waals surface area contributed by atoms with Gasteiger partial charge in [-0.2, -0.15) is 0 Å². The maximum Gasteiger partial charge on any atom is 0.253 e. The van der Waals surface area contributed by atoms with Gasteiger partial charge >= 0.3 is 0 Å². The Morgan fingerprint density at radius 3 is 2.75 bits per heavy atom. The van der Waals surface area contributed by atoms with Crippen molar-refractivity contribution in [3.05, 3.63) is 59.7 Å². The summed E-state index contributed by atoms with van der Waals surface area (Å²) in [7, 11) is 0. The van der Waals surface area contributed by atoms with Gasteiger partial charge < -0.3 is 15.0 Å². The number of fused-ring (bicyclic) bond motifs is 2. The highest BCUT2D eigenvalue weighted by Gasteiger charge is 2.33. The second-order valence-corrected chi connectivity index (χ2v) is 7.82. The summed E-state index contributed by atoms with van der Waals surface area (Å²) in [6, 6.07) is 15.3. The Bertz CT molecular complexity index is 865. The molecule has 0 bridgehead atoms. The number of likely N-dealkylation sites (tertiary alicyclic amines) is 1. The van der Waals surface area contributed by atoms with Crippen LogP contribution in [0.4, 0.5) is 5.69 Å². The molecule has 0 aromatic heterocycles. The first-order valence-electron chi connectivity index (χ1n) is 9.98. The second kappa shape index (κ2) is 8.05. The second-order valence-electron chi connectivity index (χ2n) is 7.82. The van der Waals surface area contributed by atoms with E-state index in [1.54, 1.807) is 0 Å². The Kier molecular flexibility index (Phi) is 5.33. The van der Waals surface area contributed by atoms with Gasteiger partial charge in [-0.15, -0.1) is 0 Å². The van der Waals surface area contributed by atoms with E-state index in [0.717, 1.165) is 29.7 Å². The van der Waals surface area contributed by atoms with Gasteiger partial charge in [0.05, 0.1) is 12.3 Å². The third-order valence-corrected chi connectivity index (χ3v) is 5.80. The molecule has 2 atom stereocenters. The molecule has 5 nitrogen and oxygen atoms in total. The molecule has 2 aliphatic rings. The lowest BCUT2D eigenvalue weighted by Gasteiger charge is -2.39. The molecule has 28 heavy (non-hydrogen) atoms. The van der Waals surface area contributed by atoms with Crippen LogP contribution in [0, 0.1) is 18.8 Å². The number of nitrogens with one attached hydrogen (secondary N) is 1. The Morgan fingerprint density at radius 1 is 1.11 bits per heavy atom. The van der Waals surface area contributed by atoms with E-state index in [4.69, 9.17) is 4.74 Å². The Hall–Kier alpha value is -2.82. The molecule has 0 spiro atoms. The van der Waals surface area contributed by atoms with Crippen LogP contribution in [0.1, 0.15) is 35.2 Å². The zero-order valence-corrected chi connectivity index (χ0v) is 16.2. The number of anilines is 1. The van der Waals surface area contributed by atoms with Crippen molar-refractivity contribution in [2.45, 2.75) is 26.2 Å². The SMILES string of the molecule is Cc1ccc2c(c1)NC(=O)C[C@@H]1CCN(C(=O)c3ccccc3)C[C@@H]1CCO2. The number of nitrogens with zero attached hydrogens (tertiary/aromatic N) is 1. The minimum atomic E-state index is 0.0233. The molecule has 1 fully saturated rings. The lowest BCUT2D eigenvalue weighted by molar-refractivity contribution is -0.118. The Labute approximate surface area is 165 Å².